The third kappa shape index (κ3) is 1.87. The van der Waals surface area contributed by atoms with E-state index in [-0.39, 0.29) is 0 Å². The Labute approximate surface area is 97.6 Å². The highest BCUT2D eigenvalue weighted by Crippen LogP contribution is 2.43. The van der Waals surface area contributed by atoms with Crippen LogP contribution in [0.5, 0.6) is 0 Å². The van der Waals surface area contributed by atoms with Crippen molar-refractivity contribution < 1.29 is 0 Å². The summed E-state index contributed by atoms with van der Waals surface area (Å²) in [6, 6.07) is 8.66. The smallest absolute Gasteiger partial charge is 0.0342 e. The van der Waals surface area contributed by atoms with Crippen LogP contribution in [0.1, 0.15) is 18.4 Å². The number of benzene rings is 1. The van der Waals surface area contributed by atoms with Crippen LogP contribution in [0.3, 0.4) is 0 Å². The topological polar surface area (TPSA) is 12.0 Å². The van der Waals surface area contributed by atoms with Gasteiger partial charge in [-0.1, -0.05) is 24.3 Å². The maximum atomic E-state index is 3.58. The SMILES string of the molecule is Cc1cccc(NCC2CC3C=CC2C3)c1. The molecule has 2 aliphatic rings. The summed E-state index contributed by atoms with van der Waals surface area (Å²) in [7, 11) is 0. The van der Waals surface area contributed by atoms with Crippen LogP contribution in [-0.2, 0) is 0 Å². The molecule has 3 rings (SSSR count). The molecule has 2 bridgehead atoms. The Kier molecular flexibility index (Phi) is 2.47. The van der Waals surface area contributed by atoms with Crippen molar-refractivity contribution in [1.82, 2.24) is 0 Å². The van der Waals surface area contributed by atoms with E-state index in [1.807, 2.05) is 0 Å². The molecule has 2 aliphatic carbocycles. The molecule has 0 aliphatic heterocycles. The van der Waals surface area contributed by atoms with Crippen molar-refractivity contribution in [3.05, 3.63) is 42.0 Å². The average molecular weight is 213 g/mol. The summed E-state index contributed by atoms with van der Waals surface area (Å²) < 4.78 is 0. The second-order valence-corrected chi connectivity index (χ2v) is 5.29. The molecule has 1 aromatic carbocycles. The number of aryl methyl sites for hydroxylation is 1. The fraction of sp³-hybridized carbons (Fsp3) is 0.467. The molecule has 1 N–H and O–H groups in total. The molecule has 0 aromatic heterocycles. The Hall–Kier alpha value is -1.24. The van der Waals surface area contributed by atoms with Crippen molar-refractivity contribution >= 4 is 5.69 Å². The van der Waals surface area contributed by atoms with E-state index in [1.54, 1.807) is 0 Å². The minimum absolute atomic E-state index is 0.849. The van der Waals surface area contributed by atoms with E-state index in [9.17, 15) is 0 Å². The van der Waals surface area contributed by atoms with E-state index in [4.69, 9.17) is 0 Å². The standard InChI is InChI=1S/C15H19N/c1-11-3-2-4-15(7-11)16-10-14-9-12-5-6-13(14)8-12/h2-7,12-14,16H,8-10H2,1H3. The van der Waals surface area contributed by atoms with Crippen LogP contribution in [0.2, 0.25) is 0 Å². The molecule has 16 heavy (non-hydrogen) atoms. The number of anilines is 1. The largest absolute Gasteiger partial charge is 0.385 e. The molecule has 0 saturated heterocycles. The van der Waals surface area contributed by atoms with Crippen molar-refractivity contribution in [3.63, 3.8) is 0 Å². The summed E-state index contributed by atoms with van der Waals surface area (Å²) in [6.07, 6.45) is 7.63. The quantitative estimate of drug-likeness (QED) is 0.756. The maximum Gasteiger partial charge on any atom is 0.0342 e. The second-order valence-electron chi connectivity index (χ2n) is 5.29. The molecule has 1 fully saturated rings. The minimum atomic E-state index is 0.849. The van der Waals surface area contributed by atoms with Gasteiger partial charge in [-0.2, -0.15) is 0 Å². The fourth-order valence-corrected chi connectivity index (χ4v) is 3.13. The lowest BCUT2D eigenvalue weighted by Gasteiger charge is -2.19. The Morgan fingerprint density at radius 3 is 2.88 bits per heavy atom. The first kappa shape index (κ1) is 9.95. The van der Waals surface area contributed by atoms with Gasteiger partial charge in [-0.15, -0.1) is 0 Å². The minimum Gasteiger partial charge on any atom is -0.385 e. The molecule has 0 radical (unpaired) electrons. The highest BCUT2D eigenvalue weighted by atomic mass is 14.9. The molecule has 1 nitrogen and oxygen atoms in total. The molecule has 1 aromatic rings. The Bertz CT molecular complexity index is 408. The van der Waals surface area contributed by atoms with Crippen LogP contribution in [0, 0.1) is 24.7 Å². The number of rotatable bonds is 3. The van der Waals surface area contributed by atoms with Crippen LogP contribution in [0.15, 0.2) is 36.4 Å². The molecule has 1 heteroatoms. The molecule has 3 atom stereocenters. The Morgan fingerprint density at radius 1 is 1.25 bits per heavy atom. The van der Waals surface area contributed by atoms with Gasteiger partial charge in [0.2, 0.25) is 0 Å². The number of nitrogens with one attached hydrogen (secondary N) is 1. The second kappa shape index (κ2) is 3.97. The zero-order valence-electron chi connectivity index (χ0n) is 9.82. The first-order valence-corrected chi connectivity index (χ1v) is 6.30. The van der Waals surface area contributed by atoms with Crippen molar-refractivity contribution in [2.75, 3.05) is 11.9 Å². The van der Waals surface area contributed by atoms with Crippen LogP contribution in [0.25, 0.3) is 0 Å². The van der Waals surface area contributed by atoms with E-state index in [1.165, 1.54) is 24.1 Å². The van der Waals surface area contributed by atoms with E-state index >= 15 is 0 Å². The van der Waals surface area contributed by atoms with Crippen molar-refractivity contribution in [3.8, 4) is 0 Å². The summed E-state index contributed by atoms with van der Waals surface area (Å²) in [5, 5.41) is 3.58. The molecule has 0 amide bonds. The van der Waals surface area contributed by atoms with Crippen LogP contribution >= 0.6 is 0 Å². The number of hydrogen-bond acceptors (Lipinski definition) is 1. The van der Waals surface area contributed by atoms with Gasteiger partial charge in [0.15, 0.2) is 0 Å². The van der Waals surface area contributed by atoms with Gasteiger partial charge in [-0.3, -0.25) is 0 Å². The highest BCUT2D eigenvalue weighted by Gasteiger charge is 2.35. The van der Waals surface area contributed by atoms with Crippen molar-refractivity contribution in [2.45, 2.75) is 19.8 Å². The lowest BCUT2D eigenvalue weighted by Crippen LogP contribution is -2.18. The van der Waals surface area contributed by atoms with E-state index in [0.717, 1.165) is 24.3 Å². The number of fused-ring (bicyclic) bond motifs is 2. The summed E-state index contributed by atoms with van der Waals surface area (Å²) in [4.78, 5) is 0. The third-order valence-corrected chi connectivity index (χ3v) is 4.00. The molecule has 3 unspecified atom stereocenters. The Balaban J connectivity index is 1.59. The predicted molar refractivity (Wildman–Crippen MR) is 68.5 cm³/mol. The molecular weight excluding hydrogens is 194 g/mol. The van der Waals surface area contributed by atoms with Gasteiger partial charge in [0.05, 0.1) is 0 Å². The van der Waals surface area contributed by atoms with Gasteiger partial charge in [-0.05, 0) is 55.2 Å². The van der Waals surface area contributed by atoms with E-state index in [2.05, 4.69) is 48.7 Å². The van der Waals surface area contributed by atoms with Gasteiger partial charge in [0, 0.05) is 12.2 Å². The van der Waals surface area contributed by atoms with Gasteiger partial charge in [-0.25, -0.2) is 0 Å². The van der Waals surface area contributed by atoms with Crippen LogP contribution in [0.4, 0.5) is 5.69 Å². The first-order valence-electron chi connectivity index (χ1n) is 6.30. The van der Waals surface area contributed by atoms with E-state index in [0.29, 0.717) is 0 Å². The molecule has 84 valence electrons. The maximum absolute atomic E-state index is 3.58. The lowest BCUT2D eigenvalue weighted by molar-refractivity contribution is 0.472. The van der Waals surface area contributed by atoms with E-state index < -0.39 is 0 Å². The number of hydrogen-bond donors (Lipinski definition) is 1. The third-order valence-electron chi connectivity index (χ3n) is 4.00. The van der Waals surface area contributed by atoms with Crippen molar-refractivity contribution in [2.24, 2.45) is 17.8 Å². The number of allylic oxidation sites excluding steroid dienone is 2. The average Bonchev–Trinajstić information content (AvgIpc) is 2.88. The van der Waals surface area contributed by atoms with Gasteiger partial charge < -0.3 is 5.32 Å². The molecule has 1 saturated carbocycles. The fourth-order valence-electron chi connectivity index (χ4n) is 3.13. The predicted octanol–water partition coefficient (Wildman–Crippen LogP) is 3.62. The molecular formula is C15H19N. The zero-order valence-corrected chi connectivity index (χ0v) is 9.82. The van der Waals surface area contributed by atoms with Crippen molar-refractivity contribution in [1.29, 1.82) is 0 Å². The lowest BCUT2D eigenvalue weighted by atomic mass is 9.93. The Morgan fingerprint density at radius 2 is 2.19 bits per heavy atom. The molecule has 0 heterocycles. The van der Waals surface area contributed by atoms with Gasteiger partial charge in [0.1, 0.15) is 0 Å². The molecule has 0 spiro atoms. The van der Waals surface area contributed by atoms with Crippen LogP contribution in [-0.4, -0.2) is 6.54 Å². The monoisotopic (exact) mass is 213 g/mol. The summed E-state index contributed by atoms with van der Waals surface area (Å²) in [6.45, 7) is 3.28. The van der Waals surface area contributed by atoms with Gasteiger partial charge >= 0.3 is 0 Å². The van der Waals surface area contributed by atoms with Crippen LogP contribution < -0.4 is 5.32 Å². The summed E-state index contributed by atoms with van der Waals surface area (Å²) >= 11 is 0. The highest BCUT2D eigenvalue weighted by molar-refractivity contribution is 5.45. The summed E-state index contributed by atoms with van der Waals surface area (Å²) in [5.41, 5.74) is 2.60. The van der Waals surface area contributed by atoms with Gasteiger partial charge in [0.25, 0.3) is 0 Å². The first-order chi connectivity index (χ1) is 7.81. The summed E-state index contributed by atoms with van der Waals surface area (Å²) in [5.74, 6) is 2.59. The normalized spacial score (nSPS) is 30.9. The zero-order chi connectivity index (χ0) is 11.0.